The van der Waals surface area contributed by atoms with Gasteiger partial charge in [-0.3, -0.25) is 4.79 Å². The molecule has 2 aromatic rings. The Morgan fingerprint density at radius 2 is 1.88 bits per heavy atom. The first-order valence-corrected chi connectivity index (χ1v) is 9.48. The van der Waals surface area contributed by atoms with Crippen molar-refractivity contribution in [3.05, 3.63) is 48.2 Å². The van der Waals surface area contributed by atoms with E-state index in [1.165, 1.54) is 12.8 Å². The molecule has 0 radical (unpaired) electrons. The van der Waals surface area contributed by atoms with Gasteiger partial charge in [0.25, 0.3) is 5.91 Å². The fraction of sp³-hybridized carbons (Fsp3) is 0.429. The van der Waals surface area contributed by atoms with Gasteiger partial charge in [0.05, 0.1) is 5.69 Å². The van der Waals surface area contributed by atoms with Gasteiger partial charge in [0.15, 0.2) is 5.82 Å². The van der Waals surface area contributed by atoms with Crippen LogP contribution in [-0.2, 0) is 0 Å². The lowest BCUT2D eigenvalue weighted by molar-refractivity contribution is 0.102. The fourth-order valence-electron chi connectivity index (χ4n) is 3.52. The SMILES string of the molecule is CCN(c1ccc(C(=O)Nc2cccnc2N2CCCC2)cc1)C(C)C. The molecule has 1 saturated heterocycles. The molecule has 1 N–H and O–H groups in total. The van der Waals surface area contributed by atoms with Crippen LogP contribution >= 0.6 is 0 Å². The van der Waals surface area contributed by atoms with Crippen molar-refractivity contribution in [1.82, 2.24) is 4.98 Å². The third kappa shape index (κ3) is 3.98. The van der Waals surface area contributed by atoms with E-state index in [9.17, 15) is 4.79 Å². The number of rotatable bonds is 6. The van der Waals surface area contributed by atoms with Gasteiger partial charge < -0.3 is 15.1 Å². The van der Waals surface area contributed by atoms with E-state index in [0.717, 1.165) is 36.8 Å². The van der Waals surface area contributed by atoms with Crippen LogP contribution < -0.4 is 15.1 Å². The Morgan fingerprint density at radius 1 is 1.19 bits per heavy atom. The predicted octanol–water partition coefficient (Wildman–Crippen LogP) is 4.17. The number of anilines is 3. The fourth-order valence-corrected chi connectivity index (χ4v) is 3.52. The minimum absolute atomic E-state index is 0.0995. The second kappa shape index (κ2) is 8.21. The number of nitrogens with one attached hydrogen (secondary N) is 1. The van der Waals surface area contributed by atoms with Crippen LogP contribution in [0.5, 0.6) is 0 Å². The van der Waals surface area contributed by atoms with E-state index >= 15 is 0 Å². The van der Waals surface area contributed by atoms with E-state index in [0.29, 0.717) is 11.6 Å². The van der Waals surface area contributed by atoms with Crippen LogP contribution in [0.4, 0.5) is 17.2 Å². The van der Waals surface area contributed by atoms with Gasteiger partial charge >= 0.3 is 0 Å². The van der Waals surface area contributed by atoms with Gasteiger partial charge in [0, 0.05) is 43.1 Å². The van der Waals surface area contributed by atoms with Crippen molar-refractivity contribution < 1.29 is 4.79 Å². The van der Waals surface area contributed by atoms with Crippen molar-refractivity contribution in [1.29, 1.82) is 0 Å². The Hall–Kier alpha value is -2.56. The second-order valence-corrected chi connectivity index (χ2v) is 6.95. The highest BCUT2D eigenvalue weighted by atomic mass is 16.1. The summed E-state index contributed by atoms with van der Waals surface area (Å²) in [6.45, 7) is 9.42. The summed E-state index contributed by atoms with van der Waals surface area (Å²) in [4.78, 5) is 21.7. The van der Waals surface area contributed by atoms with Crippen LogP contribution in [0.1, 0.15) is 44.0 Å². The van der Waals surface area contributed by atoms with Gasteiger partial charge in [-0.25, -0.2) is 4.98 Å². The monoisotopic (exact) mass is 352 g/mol. The van der Waals surface area contributed by atoms with Crippen LogP contribution in [0, 0.1) is 0 Å². The predicted molar refractivity (Wildman–Crippen MR) is 108 cm³/mol. The standard InChI is InChI=1S/C21H28N4O/c1-4-25(16(2)3)18-11-9-17(10-12-18)21(26)23-19-8-7-13-22-20(19)24-14-5-6-15-24/h7-13,16H,4-6,14-15H2,1-3H3,(H,23,26). The maximum Gasteiger partial charge on any atom is 0.255 e. The zero-order valence-electron chi connectivity index (χ0n) is 15.9. The molecule has 5 nitrogen and oxygen atoms in total. The van der Waals surface area contributed by atoms with Gasteiger partial charge in [-0.05, 0) is 70.0 Å². The third-order valence-corrected chi connectivity index (χ3v) is 4.87. The molecule has 1 aromatic heterocycles. The molecule has 1 fully saturated rings. The molecule has 1 aliphatic rings. The van der Waals surface area contributed by atoms with E-state index in [1.54, 1.807) is 6.20 Å². The van der Waals surface area contributed by atoms with E-state index in [1.807, 2.05) is 36.4 Å². The highest BCUT2D eigenvalue weighted by Crippen LogP contribution is 2.27. The summed E-state index contributed by atoms with van der Waals surface area (Å²) < 4.78 is 0. The lowest BCUT2D eigenvalue weighted by Gasteiger charge is -2.27. The van der Waals surface area contributed by atoms with Gasteiger partial charge in [0.1, 0.15) is 0 Å². The number of benzene rings is 1. The minimum atomic E-state index is -0.0995. The van der Waals surface area contributed by atoms with Crippen molar-refractivity contribution in [2.75, 3.05) is 34.8 Å². The number of amides is 1. The zero-order chi connectivity index (χ0) is 18.5. The lowest BCUT2D eigenvalue weighted by atomic mass is 10.1. The molecule has 5 heteroatoms. The molecule has 1 aliphatic heterocycles. The van der Waals surface area contributed by atoms with Crippen LogP contribution in [-0.4, -0.2) is 36.6 Å². The van der Waals surface area contributed by atoms with Crippen LogP contribution in [0.15, 0.2) is 42.6 Å². The van der Waals surface area contributed by atoms with Gasteiger partial charge in [-0.1, -0.05) is 0 Å². The van der Waals surface area contributed by atoms with Crippen LogP contribution in [0.25, 0.3) is 0 Å². The number of hydrogen-bond acceptors (Lipinski definition) is 4. The molecule has 0 unspecified atom stereocenters. The van der Waals surface area contributed by atoms with E-state index in [4.69, 9.17) is 0 Å². The zero-order valence-corrected chi connectivity index (χ0v) is 15.9. The summed E-state index contributed by atoms with van der Waals surface area (Å²) in [5.41, 5.74) is 2.57. The number of nitrogens with zero attached hydrogens (tertiary/aromatic N) is 3. The lowest BCUT2D eigenvalue weighted by Crippen LogP contribution is -2.30. The van der Waals surface area contributed by atoms with E-state index < -0.39 is 0 Å². The quantitative estimate of drug-likeness (QED) is 0.848. The average molecular weight is 352 g/mol. The summed E-state index contributed by atoms with van der Waals surface area (Å²) in [7, 11) is 0. The third-order valence-electron chi connectivity index (χ3n) is 4.87. The van der Waals surface area contributed by atoms with Crippen molar-refractivity contribution in [3.8, 4) is 0 Å². The van der Waals surface area contributed by atoms with Crippen molar-refractivity contribution in [2.24, 2.45) is 0 Å². The molecule has 0 spiro atoms. The second-order valence-electron chi connectivity index (χ2n) is 6.95. The molecule has 26 heavy (non-hydrogen) atoms. The van der Waals surface area contributed by atoms with Gasteiger partial charge in [-0.2, -0.15) is 0 Å². The van der Waals surface area contributed by atoms with Crippen molar-refractivity contribution in [3.63, 3.8) is 0 Å². The maximum absolute atomic E-state index is 12.7. The summed E-state index contributed by atoms with van der Waals surface area (Å²) in [6.07, 6.45) is 4.13. The molecule has 0 bridgehead atoms. The molecular formula is C21H28N4O. The minimum Gasteiger partial charge on any atom is -0.369 e. The van der Waals surface area contributed by atoms with E-state index in [-0.39, 0.29) is 5.91 Å². The highest BCUT2D eigenvalue weighted by molar-refractivity contribution is 6.05. The summed E-state index contributed by atoms with van der Waals surface area (Å²) in [5.74, 6) is 0.768. The van der Waals surface area contributed by atoms with Crippen LogP contribution in [0.3, 0.4) is 0 Å². The number of pyridine rings is 1. The first-order valence-electron chi connectivity index (χ1n) is 9.48. The summed E-state index contributed by atoms with van der Waals surface area (Å²) >= 11 is 0. The smallest absolute Gasteiger partial charge is 0.255 e. The summed E-state index contributed by atoms with van der Waals surface area (Å²) in [5, 5.41) is 3.03. The number of carbonyl (C=O) groups excluding carboxylic acids is 1. The Kier molecular flexibility index (Phi) is 5.76. The number of aromatic nitrogens is 1. The maximum atomic E-state index is 12.7. The number of carbonyl (C=O) groups is 1. The Morgan fingerprint density at radius 3 is 2.50 bits per heavy atom. The van der Waals surface area contributed by atoms with Gasteiger partial charge in [0.2, 0.25) is 0 Å². The Bertz CT molecular complexity index is 736. The molecule has 0 saturated carbocycles. The van der Waals surface area contributed by atoms with Crippen molar-refractivity contribution in [2.45, 2.75) is 39.7 Å². The normalized spacial score (nSPS) is 13.9. The summed E-state index contributed by atoms with van der Waals surface area (Å²) in [6, 6.07) is 12.0. The molecule has 1 aromatic carbocycles. The Labute approximate surface area is 156 Å². The first-order chi connectivity index (χ1) is 12.6. The first kappa shape index (κ1) is 18.2. The topological polar surface area (TPSA) is 48.5 Å². The highest BCUT2D eigenvalue weighted by Gasteiger charge is 2.18. The largest absolute Gasteiger partial charge is 0.369 e. The van der Waals surface area contributed by atoms with E-state index in [2.05, 4.69) is 40.9 Å². The van der Waals surface area contributed by atoms with Gasteiger partial charge in [-0.15, -0.1) is 0 Å². The molecule has 1 amide bonds. The molecule has 2 heterocycles. The van der Waals surface area contributed by atoms with Crippen molar-refractivity contribution >= 4 is 23.1 Å². The number of hydrogen-bond donors (Lipinski definition) is 1. The van der Waals surface area contributed by atoms with Crippen LogP contribution in [0.2, 0.25) is 0 Å². The molecule has 3 rings (SSSR count). The molecule has 0 atom stereocenters. The molecule has 138 valence electrons. The Balaban J connectivity index is 1.74. The average Bonchev–Trinajstić information content (AvgIpc) is 3.17. The molecule has 0 aliphatic carbocycles. The molecular weight excluding hydrogens is 324 g/mol.